The van der Waals surface area contributed by atoms with Gasteiger partial charge in [-0.2, -0.15) is 0 Å². The van der Waals surface area contributed by atoms with Gasteiger partial charge in [0.15, 0.2) is 5.84 Å². The fourth-order valence-corrected chi connectivity index (χ4v) is 1.29. The number of benzene rings is 1. The van der Waals surface area contributed by atoms with Gasteiger partial charge in [-0.15, -0.1) is 0 Å². The van der Waals surface area contributed by atoms with Crippen LogP contribution in [0.15, 0.2) is 29.4 Å². The molecule has 0 aliphatic rings. The Morgan fingerprint density at radius 2 is 2.29 bits per heavy atom. The van der Waals surface area contributed by atoms with Gasteiger partial charge in [0, 0.05) is 18.2 Å². The van der Waals surface area contributed by atoms with Crippen LogP contribution >= 0.6 is 0 Å². The van der Waals surface area contributed by atoms with E-state index in [1.54, 1.807) is 25.1 Å². The quantitative estimate of drug-likeness (QED) is 0.231. The summed E-state index contributed by atoms with van der Waals surface area (Å²) in [4.78, 5) is 10.3. The molecule has 0 saturated heterocycles. The first-order valence-electron chi connectivity index (χ1n) is 4.99. The predicted molar refractivity (Wildman–Crippen MR) is 62.8 cm³/mol. The van der Waals surface area contributed by atoms with Crippen molar-refractivity contribution >= 4 is 11.5 Å². The van der Waals surface area contributed by atoms with Gasteiger partial charge in [0.25, 0.3) is 5.69 Å². The molecule has 0 radical (unpaired) electrons. The van der Waals surface area contributed by atoms with E-state index in [0.717, 1.165) is 0 Å². The molecule has 17 heavy (non-hydrogen) atoms. The second-order valence-corrected chi connectivity index (χ2v) is 3.51. The normalized spacial score (nSPS) is 13.4. The van der Waals surface area contributed by atoms with Crippen molar-refractivity contribution in [1.29, 1.82) is 0 Å². The zero-order valence-electron chi connectivity index (χ0n) is 9.33. The Balaban J connectivity index is 2.73. The molecular formula is C10H14N4O3. The number of para-hydroxylation sites is 1. The Morgan fingerprint density at radius 3 is 2.88 bits per heavy atom. The highest BCUT2D eigenvalue weighted by atomic mass is 16.6. The lowest BCUT2D eigenvalue weighted by Crippen LogP contribution is -2.38. The molecule has 0 aliphatic heterocycles. The maximum atomic E-state index is 10.7. The Bertz CT molecular complexity index is 433. The van der Waals surface area contributed by atoms with Crippen molar-refractivity contribution in [3.05, 3.63) is 39.9 Å². The summed E-state index contributed by atoms with van der Waals surface area (Å²) in [5.74, 6) is 0.0311. The minimum Gasteiger partial charge on any atom is -0.409 e. The van der Waals surface area contributed by atoms with Gasteiger partial charge in [-0.3, -0.25) is 10.1 Å². The first-order chi connectivity index (χ1) is 8.06. The highest BCUT2D eigenvalue weighted by Gasteiger charge is 2.13. The maximum absolute atomic E-state index is 10.7. The van der Waals surface area contributed by atoms with Gasteiger partial charge in [0.2, 0.25) is 0 Å². The molecule has 0 spiro atoms. The van der Waals surface area contributed by atoms with Crippen molar-refractivity contribution < 1.29 is 10.1 Å². The summed E-state index contributed by atoms with van der Waals surface area (Å²) in [6.45, 7) is 1.97. The molecule has 92 valence electrons. The lowest BCUT2D eigenvalue weighted by atomic mass is 10.1. The molecule has 0 amide bonds. The molecule has 7 heteroatoms. The van der Waals surface area contributed by atoms with Crippen molar-refractivity contribution in [3.8, 4) is 0 Å². The fraction of sp³-hybridized carbons (Fsp3) is 0.300. The Hall–Kier alpha value is -2.15. The predicted octanol–water partition coefficient (Wildman–Crippen LogP) is 0.819. The second kappa shape index (κ2) is 5.80. The molecule has 1 rings (SSSR count). The Morgan fingerprint density at radius 1 is 1.65 bits per heavy atom. The van der Waals surface area contributed by atoms with E-state index in [1.165, 1.54) is 6.07 Å². The van der Waals surface area contributed by atoms with Gasteiger partial charge in [0.1, 0.15) is 0 Å². The molecule has 0 aliphatic carbocycles. The van der Waals surface area contributed by atoms with Crippen LogP contribution in [0.2, 0.25) is 0 Å². The number of nitrogens with zero attached hydrogens (tertiary/aromatic N) is 2. The minimum absolute atomic E-state index is 0.0311. The number of nitro groups is 1. The number of rotatable bonds is 5. The molecule has 0 aromatic heterocycles. The van der Waals surface area contributed by atoms with Gasteiger partial charge in [-0.05, 0) is 6.92 Å². The lowest BCUT2D eigenvalue weighted by Gasteiger charge is -2.11. The molecule has 1 atom stereocenters. The third kappa shape index (κ3) is 3.42. The lowest BCUT2D eigenvalue weighted by molar-refractivity contribution is -0.385. The minimum atomic E-state index is -0.439. The van der Waals surface area contributed by atoms with Crippen LogP contribution in [0.5, 0.6) is 0 Å². The third-order valence-corrected chi connectivity index (χ3v) is 2.35. The zero-order chi connectivity index (χ0) is 12.8. The summed E-state index contributed by atoms with van der Waals surface area (Å²) in [7, 11) is 0. The number of oxime groups is 1. The van der Waals surface area contributed by atoms with Gasteiger partial charge < -0.3 is 16.3 Å². The molecule has 0 bridgehead atoms. The summed E-state index contributed by atoms with van der Waals surface area (Å²) in [6, 6.07) is 6.06. The van der Waals surface area contributed by atoms with Crippen molar-refractivity contribution in [2.45, 2.75) is 19.5 Å². The smallest absolute Gasteiger partial charge is 0.273 e. The molecule has 0 saturated carbocycles. The summed E-state index contributed by atoms with van der Waals surface area (Å²) >= 11 is 0. The highest BCUT2D eigenvalue weighted by molar-refractivity contribution is 5.84. The number of hydrogen-bond donors (Lipinski definition) is 3. The van der Waals surface area contributed by atoms with Crippen LogP contribution in [0.1, 0.15) is 12.5 Å². The largest absolute Gasteiger partial charge is 0.409 e. The fourth-order valence-electron chi connectivity index (χ4n) is 1.29. The van der Waals surface area contributed by atoms with E-state index < -0.39 is 4.92 Å². The molecule has 4 N–H and O–H groups in total. The van der Waals surface area contributed by atoms with Crippen molar-refractivity contribution in [3.63, 3.8) is 0 Å². The van der Waals surface area contributed by atoms with Gasteiger partial charge >= 0.3 is 0 Å². The number of hydrogen-bond acceptors (Lipinski definition) is 5. The second-order valence-electron chi connectivity index (χ2n) is 3.51. The summed E-state index contributed by atoms with van der Waals surface area (Å²) < 4.78 is 0. The topological polar surface area (TPSA) is 114 Å². The van der Waals surface area contributed by atoms with E-state index in [4.69, 9.17) is 10.9 Å². The van der Waals surface area contributed by atoms with Crippen LogP contribution in [-0.2, 0) is 6.54 Å². The van der Waals surface area contributed by atoms with E-state index >= 15 is 0 Å². The molecule has 0 heterocycles. The first-order valence-corrected chi connectivity index (χ1v) is 4.99. The van der Waals surface area contributed by atoms with Crippen molar-refractivity contribution in [2.75, 3.05) is 0 Å². The van der Waals surface area contributed by atoms with Crippen molar-refractivity contribution in [2.24, 2.45) is 10.9 Å². The standard InChI is InChI=1S/C10H14N4O3/c1-7(10(11)13-15)12-6-8-4-2-3-5-9(8)14(16)17/h2-5,7,12,15H,6H2,1H3,(H2,11,13). The number of nitrogens with two attached hydrogens (primary N) is 1. The molecule has 1 aromatic rings. The number of nitro benzene ring substituents is 1. The summed E-state index contributed by atoms with van der Waals surface area (Å²) in [5, 5.41) is 25.0. The van der Waals surface area contributed by atoms with E-state index in [1.807, 2.05) is 0 Å². The van der Waals surface area contributed by atoms with Crippen LogP contribution < -0.4 is 11.1 Å². The van der Waals surface area contributed by atoms with Crippen LogP contribution in [0.4, 0.5) is 5.69 Å². The van der Waals surface area contributed by atoms with Crippen LogP contribution in [0, 0.1) is 10.1 Å². The van der Waals surface area contributed by atoms with E-state index in [0.29, 0.717) is 5.56 Å². The average Bonchev–Trinajstić information content (AvgIpc) is 2.35. The third-order valence-electron chi connectivity index (χ3n) is 2.35. The monoisotopic (exact) mass is 238 g/mol. The molecule has 0 fully saturated rings. The van der Waals surface area contributed by atoms with Crippen LogP contribution in [0.3, 0.4) is 0 Å². The number of amidine groups is 1. The van der Waals surface area contributed by atoms with E-state index in [9.17, 15) is 10.1 Å². The highest BCUT2D eigenvalue weighted by Crippen LogP contribution is 2.17. The Labute approximate surface area is 98.1 Å². The SMILES string of the molecule is CC(NCc1ccccc1[N+](=O)[O-])/C(N)=N/O. The first kappa shape index (κ1) is 12.9. The summed E-state index contributed by atoms with van der Waals surface area (Å²) in [6.07, 6.45) is 0. The van der Waals surface area contributed by atoms with Crippen LogP contribution in [-0.4, -0.2) is 22.0 Å². The zero-order valence-corrected chi connectivity index (χ0v) is 9.33. The van der Waals surface area contributed by atoms with Gasteiger partial charge in [-0.25, -0.2) is 0 Å². The molecule has 7 nitrogen and oxygen atoms in total. The van der Waals surface area contributed by atoms with Crippen molar-refractivity contribution in [1.82, 2.24) is 5.32 Å². The van der Waals surface area contributed by atoms with Crippen LogP contribution in [0.25, 0.3) is 0 Å². The molecule has 1 aromatic carbocycles. The van der Waals surface area contributed by atoms with Gasteiger partial charge in [-0.1, -0.05) is 23.4 Å². The molecular weight excluding hydrogens is 224 g/mol. The van der Waals surface area contributed by atoms with E-state index in [-0.39, 0.29) is 24.1 Å². The van der Waals surface area contributed by atoms with Gasteiger partial charge in [0.05, 0.1) is 11.0 Å². The van der Waals surface area contributed by atoms with E-state index in [2.05, 4.69) is 10.5 Å². The summed E-state index contributed by atoms with van der Waals surface area (Å²) in [5.41, 5.74) is 5.98. The Kier molecular flexibility index (Phi) is 4.41. The average molecular weight is 238 g/mol. The molecule has 1 unspecified atom stereocenters. The maximum Gasteiger partial charge on any atom is 0.273 e. The number of nitrogens with one attached hydrogen (secondary N) is 1.